The molecule has 0 spiro atoms. The Hall–Kier alpha value is -1.35. The summed E-state index contributed by atoms with van der Waals surface area (Å²) in [5, 5.41) is 2.87. The molecule has 0 unspecified atom stereocenters. The lowest BCUT2D eigenvalue weighted by Crippen LogP contribution is -2.49. The van der Waals surface area contributed by atoms with Gasteiger partial charge in [-0.1, -0.05) is 30.3 Å². The maximum absolute atomic E-state index is 11.6. The molecule has 1 amide bonds. The van der Waals surface area contributed by atoms with E-state index in [1.807, 2.05) is 37.3 Å². The molecule has 1 aromatic carbocycles. The largest absolute Gasteiger partial charge is 0.348 e. The van der Waals surface area contributed by atoms with E-state index in [9.17, 15) is 4.79 Å². The highest BCUT2D eigenvalue weighted by Crippen LogP contribution is 2.12. The van der Waals surface area contributed by atoms with Gasteiger partial charge in [0.2, 0.25) is 5.91 Å². The number of carbonyl (C=O) groups is 1. The van der Waals surface area contributed by atoms with Crippen molar-refractivity contribution in [1.82, 2.24) is 5.32 Å². The number of carbonyl (C=O) groups excluding carboxylic acids is 1. The molecule has 0 aliphatic carbocycles. The summed E-state index contributed by atoms with van der Waals surface area (Å²) in [4.78, 5) is 11.6. The van der Waals surface area contributed by atoms with E-state index in [0.29, 0.717) is 0 Å². The van der Waals surface area contributed by atoms with Crippen molar-refractivity contribution < 1.29 is 4.79 Å². The molecule has 0 aromatic heterocycles. The normalized spacial score (nSPS) is 13.3. The van der Waals surface area contributed by atoms with Crippen LogP contribution >= 0.6 is 0 Å². The Balaban J connectivity index is 2.65. The van der Waals surface area contributed by atoms with Crippen LogP contribution in [0.4, 0.5) is 0 Å². The van der Waals surface area contributed by atoms with Crippen LogP contribution in [0.3, 0.4) is 0 Å². The SMILES string of the molecule is C[C@@H](NC(=O)C(C)(C)N)c1ccccc1. The average molecular weight is 206 g/mol. The third-order valence-electron chi connectivity index (χ3n) is 2.23. The molecule has 0 aliphatic heterocycles. The molecule has 1 aromatic rings. The van der Waals surface area contributed by atoms with Crippen LogP contribution in [-0.4, -0.2) is 11.4 Å². The Bertz CT molecular complexity index is 327. The van der Waals surface area contributed by atoms with Crippen LogP contribution in [0.15, 0.2) is 30.3 Å². The standard InChI is InChI=1S/C12H18N2O/c1-9(10-7-5-4-6-8-10)14-11(15)12(2,3)13/h4-9H,13H2,1-3H3,(H,14,15)/t9-/m1/s1. The fraction of sp³-hybridized carbons (Fsp3) is 0.417. The topological polar surface area (TPSA) is 55.1 Å². The van der Waals surface area contributed by atoms with Gasteiger partial charge >= 0.3 is 0 Å². The molecule has 0 heterocycles. The van der Waals surface area contributed by atoms with Crippen molar-refractivity contribution in [3.63, 3.8) is 0 Å². The van der Waals surface area contributed by atoms with Crippen molar-refractivity contribution in [3.05, 3.63) is 35.9 Å². The number of amides is 1. The Kier molecular flexibility index (Phi) is 3.48. The van der Waals surface area contributed by atoms with Gasteiger partial charge in [0.1, 0.15) is 0 Å². The monoisotopic (exact) mass is 206 g/mol. The maximum atomic E-state index is 11.6. The minimum Gasteiger partial charge on any atom is -0.348 e. The highest BCUT2D eigenvalue weighted by molar-refractivity contribution is 5.85. The van der Waals surface area contributed by atoms with E-state index in [2.05, 4.69) is 5.32 Å². The fourth-order valence-electron chi connectivity index (χ4n) is 1.21. The number of nitrogens with one attached hydrogen (secondary N) is 1. The Morgan fingerprint density at radius 3 is 2.33 bits per heavy atom. The summed E-state index contributed by atoms with van der Waals surface area (Å²) in [6.45, 7) is 5.33. The van der Waals surface area contributed by atoms with E-state index < -0.39 is 5.54 Å². The highest BCUT2D eigenvalue weighted by Gasteiger charge is 2.23. The maximum Gasteiger partial charge on any atom is 0.239 e. The minimum atomic E-state index is -0.830. The second kappa shape index (κ2) is 4.45. The summed E-state index contributed by atoms with van der Waals surface area (Å²) in [6.07, 6.45) is 0. The van der Waals surface area contributed by atoms with Crippen LogP contribution in [0.25, 0.3) is 0 Å². The molecule has 1 atom stereocenters. The third kappa shape index (κ3) is 3.36. The van der Waals surface area contributed by atoms with Crippen LogP contribution in [-0.2, 0) is 4.79 Å². The van der Waals surface area contributed by atoms with Gasteiger partial charge in [0, 0.05) is 0 Å². The van der Waals surface area contributed by atoms with Gasteiger partial charge in [-0.05, 0) is 26.3 Å². The lowest BCUT2D eigenvalue weighted by Gasteiger charge is -2.22. The first-order valence-corrected chi connectivity index (χ1v) is 5.06. The minimum absolute atomic E-state index is 0.0125. The molecule has 0 radical (unpaired) electrons. The van der Waals surface area contributed by atoms with Crippen molar-refractivity contribution in [2.45, 2.75) is 32.4 Å². The molecule has 82 valence electrons. The number of benzene rings is 1. The number of hydrogen-bond donors (Lipinski definition) is 2. The summed E-state index contributed by atoms with van der Waals surface area (Å²) in [7, 11) is 0. The van der Waals surface area contributed by atoms with Crippen LogP contribution in [0.1, 0.15) is 32.4 Å². The van der Waals surface area contributed by atoms with E-state index >= 15 is 0 Å². The molecular formula is C12H18N2O. The fourth-order valence-corrected chi connectivity index (χ4v) is 1.21. The van der Waals surface area contributed by atoms with Gasteiger partial charge < -0.3 is 11.1 Å². The number of nitrogens with two attached hydrogens (primary N) is 1. The summed E-state index contributed by atoms with van der Waals surface area (Å²) >= 11 is 0. The summed E-state index contributed by atoms with van der Waals surface area (Å²) < 4.78 is 0. The number of hydrogen-bond acceptors (Lipinski definition) is 2. The Morgan fingerprint density at radius 1 is 1.33 bits per heavy atom. The van der Waals surface area contributed by atoms with Gasteiger partial charge in [-0.15, -0.1) is 0 Å². The molecule has 1 rings (SSSR count). The quantitative estimate of drug-likeness (QED) is 0.789. The zero-order chi connectivity index (χ0) is 11.5. The first kappa shape index (κ1) is 11.7. The van der Waals surface area contributed by atoms with E-state index in [-0.39, 0.29) is 11.9 Å². The molecule has 0 saturated carbocycles. The smallest absolute Gasteiger partial charge is 0.239 e. The zero-order valence-electron chi connectivity index (χ0n) is 9.45. The Labute approximate surface area is 90.7 Å². The molecule has 3 N–H and O–H groups in total. The molecule has 15 heavy (non-hydrogen) atoms. The highest BCUT2D eigenvalue weighted by atomic mass is 16.2. The van der Waals surface area contributed by atoms with Crippen molar-refractivity contribution in [2.75, 3.05) is 0 Å². The molecule has 3 heteroatoms. The van der Waals surface area contributed by atoms with Crippen LogP contribution in [0, 0.1) is 0 Å². The first-order valence-electron chi connectivity index (χ1n) is 5.06. The van der Waals surface area contributed by atoms with Gasteiger partial charge in [0.15, 0.2) is 0 Å². The number of rotatable bonds is 3. The van der Waals surface area contributed by atoms with Crippen LogP contribution < -0.4 is 11.1 Å². The molecular weight excluding hydrogens is 188 g/mol. The third-order valence-corrected chi connectivity index (χ3v) is 2.23. The van der Waals surface area contributed by atoms with Gasteiger partial charge in [0.25, 0.3) is 0 Å². The summed E-state index contributed by atoms with van der Waals surface area (Å²) in [6, 6.07) is 9.80. The summed E-state index contributed by atoms with van der Waals surface area (Å²) in [5.74, 6) is -0.140. The van der Waals surface area contributed by atoms with Crippen LogP contribution in [0.2, 0.25) is 0 Å². The van der Waals surface area contributed by atoms with E-state index in [1.165, 1.54) is 0 Å². The van der Waals surface area contributed by atoms with E-state index in [1.54, 1.807) is 13.8 Å². The Morgan fingerprint density at radius 2 is 1.87 bits per heavy atom. The molecule has 0 aliphatic rings. The van der Waals surface area contributed by atoms with Crippen molar-refractivity contribution in [2.24, 2.45) is 5.73 Å². The predicted molar refractivity (Wildman–Crippen MR) is 61.3 cm³/mol. The van der Waals surface area contributed by atoms with Gasteiger partial charge in [-0.3, -0.25) is 4.79 Å². The van der Waals surface area contributed by atoms with Gasteiger partial charge in [-0.25, -0.2) is 0 Å². The van der Waals surface area contributed by atoms with E-state index in [0.717, 1.165) is 5.56 Å². The lowest BCUT2D eigenvalue weighted by atomic mass is 10.0. The lowest BCUT2D eigenvalue weighted by molar-refractivity contribution is -0.125. The van der Waals surface area contributed by atoms with Crippen molar-refractivity contribution in [3.8, 4) is 0 Å². The first-order chi connectivity index (χ1) is 6.91. The van der Waals surface area contributed by atoms with Gasteiger partial charge in [-0.2, -0.15) is 0 Å². The molecule has 0 saturated heterocycles. The molecule has 0 bridgehead atoms. The zero-order valence-corrected chi connectivity index (χ0v) is 9.45. The average Bonchev–Trinajstić information content (AvgIpc) is 2.17. The second-order valence-corrected chi connectivity index (χ2v) is 4.33. The van der Waals surface area contributed by atoms with Crippen molar-refractivity contribution in [1.29, 1.82) is 0 Å². The molecule has 3 nitrogen and oxygen atoms in total. The van der Waals surface area contributed by atoms with Crippen LogP contribution in [0.5, 0.6) is 0 Å². The summed E-state index contributed by atoms with van der Waals surface area (Å²) in [5.41, 5.74) is 5.94. The van der Waals surface area contributed by atoms with Crippen molar-refractivity contribution >= 4 is 5.91 Å². The predicted octanol–water partition coefficient (Wildman–Crippen LogP) is 1.60. The second-order valence-electron chi connectivity index (χ2n) is 4.33. The van der Waals surface area contributed by atoms with Gasteiger partial charge in [0.05, 0.1) is 11.6 Å². The molecule has 0 fully saturated rings. The van der Waals surface area contributed by atoms with E-state index in [4.69, 9.17) is 5.73 Å².